The number of carbonyl (C=O) groups is 1. The van der Waals surface area contributed by atoms with Gasteiger partial charge < -0.3 is 15.0 Å². The highest BCUT2D eigenvalue weighted by molar-refractivity contribution is 9.10. The predicted octanol–water partition coefficient (Wildman–Crippen LogP) is 5.58. The SMILES string of the molecule is Cc1c(CN(C(=O)[C@H]2CNCC[C@@]23OCc2cc(F)c(F)cc23)C2CC2)cc(Br)cc1C(F)(F)F. The number of ether oxygens (including phenoxy) is 1. The van der Waals surface area contributed by atoms with E-state index >= 15 is 0 Å². The first-order valence-corrected chi connectivity index (χ1v) is 12.3. The van der Waals surface area contributed by atoms with Crippen LogP contribution in [0, 0.1) is 24.5 Å². The van der Waals surface area contributed by atoms with E-state index in [0.717, 1.165) is 31.0 Å². The number of halogens is 6. The van der Waals surface area contributed by atoms with Gasteiger partial charge in [-0.1, -0.05) is 15.9 Å². The van der Waals surface area contributed by atoms with Gasteiger partial charge >= 0.3 is 6.18 Å². The average Bonchev–Trinajstić information content (AvgIpc) is 3.59. The molecule has 0 bridgehead atoms. The van der Waals surface area contributed by atoms with Crippen LogP contribution in [0.5, 0.6) is 0 Å². The number of fused-ring (bicyclic) bond motifs is 2. The summed E-state index contributed by atoms with van der Waals surface area (Å²) < 4.78 is 75.2. The van der Waals surface area contributed by atoms with Crippen molar-refractivity contribution in [1.82, 2.24) is 10.2 Å². The highest BCUT2D eigenvalue weighted by atomic mass is 79.9. The largest absolute Gasteiger partial charge is 0.416 e. The third-order valence-corrected chi connectivity index (χ3v) is 7.82. The molecule has 0 aromatic heterocycles. The molecular weight excluding hydrogens is 535 g/mol. The van der Waals surface area contributed by atoms with E-state index < -0.39 is 34.9 Å². The highest BCUT2D eigenvalue weighted by Crippen LogP contribution is 2.48. The lowest BCUT2D eigenvalue weighted by molar-refractivity contribution is -0.157. The summed E-state index contributed by atoms with van der Waals surface area (Å²) in [6.45, 7) is 2.31. The summed E-state index contributed by atoms with van der Waals surface area (Å²) in [5, 5.41) is 3.20. The van der Waals surface area contributed by atoms with E-state index in [9.17, 15) is 26.7 Å². The van der Waals surface area contributed by atoms with Crippen LogP contribution in [0.1, 0.15) is 47.1 Å². The van der Waals surface area contributed by atoms with Gasteiger partial charge in [0.05, 0.1) is 18.1 Å². The minimum Gasteiger partial charge on any atom is -0.365 e. The molecule has 5 rings (SSSR count). The van der Waals surface area contributed by atoms with Crippen LogP contribution in [0.3, 0.4) is 0 Å². The van der Waals surface area contributed by atoms with Crippen LogP contribution in [-0.2, 0) is 34.5 Å². The molecule has 3 aliphatic rings. The van der Waals surface area contributed by atoms with Gasteiger partial charge in [0, 0.05) is 23.6 Å². The van der Waals surface area contributed by atoms with E-state index in [1.807, 2.05) is 0 Å². The minimum atomic E-state index is -4.52. The van der Waals surface area contributed by atoms with Gasteiger partial charge in [0.15, 0.2) is 11.6 Å². The average molecular weight is 559 g/mol. The van der Waals surface area contributed by atoms with Gasteiger partial charge in [-0.25, -0.2) is 8.78 Å². The molecule has 2 atom stereocenters. The summed E-state index contributed by atoms with van der Waals surface area (Å²) >= 11 is 3.18. The zero-order chi connectivity index (χ0) is 25.1. The number of amides is 1. The molecule has 2 fully saturated rings. The Hall–Kier alpha value is -2.04. The molecule has 0 unspecified atom stereocenters. The number of carbonyl (C=O) groups excluding carboxylic acids is 1. The first-order valence-electron chi connectivity index (χ1n) is 11.5. The number of hydrogen-bond donors (Lipinski definition) is 1. The van der Waals surface area contributed by atoms with E-state index in [-0.39, 0.29) is 41.7 Å². The van der Waals surface area contributed by atoms with Crippen molar-refractivity contribution in [3.63, 3.8) is 0 Å². The quantitative estimate of drug-likeness (QED) is 0.498. The summed E-state index contributed by atoms with van der Waals surface area (Å²) in [7, 11) is 0. The lowest BCUT2D eigenvalue weighted by Gasteiger charge is -2.43. The van der Waals surface area contributed by atoms with Crippen molar-refractivity contribution >= 4 is 21.8 Å². The molecule has 1 spiro atoms. The molecule has 1 saturated heterocycles. The molecule has 2 aromatic carbocycles. The first-order chi connectivity index (χ1) is 16.5. The number of rotatable bonds is 4. The summed E-state index contributed by atoms with van der Waals surface area (Å²) in [5.74, 6) is -2.95. The third-order valence-electron chi connectivity index (χ3n) is 7.37. The van der Waals surface area contributed by atoms with Crippen LogP contribution in [0.25, 0.3) is 0 Å². The fraction of sp³-hybridized carbons (Fsp3) is 0.480. The zero-order valence-corrected chi connectivity index (χ0v) is 20.5. The van der Waals surface area contributed by atoms with Crippen molar-refractivity contribution in [2.45, 2.75) is 57.2 Å². The number of piperidine rings is 1. The number of hydrogen-bond acceptors (Lipinski definition) is 3. The second-order valence-corrected chi connectivity index (χ2v) is 10.5. The van der Waals surface area contributed by atoms with Gasteiger partial charge in [-0.05, 0) is 79.3 Å². The molecule has 1 saturated carbocycles. The number of nitrogens with one attached hydrogen (secondary N) is 1. The minimum absolute atomic E-state index is 0.0229. The van der Waals surface area contributed by atoms with Gasteiger partial charge in [0.25, 0.3) is 0 Å². The van der Waals surface area contributed by atoms with Crippen molar-refractivity contribution in [3.8, 4) is 0 Å². The van der Waals surface area contributed by atoms with Gasteiger partial charge in [-0.2, -0.15) is 13.2 Å². The van der Waals surface area contributed by atoms with Crippen LogP contribution in [0.2, 0.25) is 0 Å². The molecule has 188 valence electrons. The summed E-state index contributed by atoms with van der Waals surface area (Å²) in [4.78, 5) is 15.6. The lowest BCUT2D eigenvalue weighted by Crippen LogP contribution is -2.55. The Kier molecular flexibility index (Phi) is 6.21. The summed E-state index contributed by atoms with van der Waals surface area (Å²) in [5.41, 5.74) is -0.375. The predicted molar refractivity (Wildman–Crippen MR) is 121 cm³/mol. The van der Waals surface area contributed by atoms with Crippen LogP contribution in [0.15, 0.2) is 28.7 Å². The Morgan fingerprint density at radius 1 is 1.20 bits per heavy atom. The van der Waals surface area contributed by atoms with E-state index in [4.69, 9.17) is 4.74 Å². The maximum atomic E-state index is 14.2. The topological polar surface area (TPSA) is 41.6 Å². The second kappa shape index (κ2) is 8.81. The van der Waals surface area contributed by atoms with E-state index in [1.54, 1.807) is 11.0 Å². The molecule has 35 heavy (non-hydrogen) atoms. The van der Waals surface area contributed by atoms with E-state index in [0.29, 0.717) is 29.7 Å². The summed E-state index contributed by atoms with van der Waals surface area (Å²) in [6.07, 6.45) is -2.60. The number of benzene rings is 2. The van der Waals surface area contributed by atoms with Crippen molar-refractivity contribution < 1.29 is 31.5 Å². The highest BCUT2D eigenvalue weighted by Gasteiger charge is 2.53. The van der Waals surface area contributed by atoms with Gasteiger partial charge in [0.1, 0.15) is 5.60 Å². The van der Waals surface area contributed by atoms with Gasteiger partial charge in [0.2, 0.25) is 5.91 Å². The molecule has 2 heterocycles. The van der Waals surface area contributed by atoms with Crippen LogP contribution < -0.4 is 5.32 Å². The van der Waals surface area contributed by atoms with Crippen molar-refractivity contribution in [1.29, 1.82) is 0 Å². The van der Waals surface area contributed by atoms with Gasteiger partial charge in [-0.3, -0.25) is 4.79 Å². The molecule has 1 N–H and O–H groups in total. The van der Waals surface area contributed by atoms with Crippen molar-refractivity contribution in [2.24, 2.45) is 5.92 Å². The molecule has 0 radical (unpaired) electrons. The zero-order valence-electron chi connectivity index (χ0n) is 18.9. The number of nitrogens with zero attached hydrogens (tertiary/aromatic N) is 1. The standard InChI is InChI=1S/C25H24BrF5N2O2/c1-13-14(6-16(26)8-18(13)25(29,30)31)11-33(17-2-3-17)23(34)20-10-32-5-4-24(20)19-9-22(28)21(27)7-15(19)12-35-24/h6-9,17,20,32H,2-5,10-12H2,1H3/t20-,24+/m1/s1. The monoisotopic (exact) mass is 558 g/mol. The first kappa shape index (κ1) is 24.6. The van der Waals surface area contributed by atoms with Crippen LogP contribution in [0.4, 0.5) is 22.0 Å². The maximum Gasteiger partial charge on any atom is 0.416 e. The maximum absolute atomic E-state index is 14.2. The molecule has 2 aromatic rings. The van der Waals surface area contributed by atoms with Crippen molar-refractivity contribution in [3.05, 3.63) is 68.2 Å². The van der Waals surface area contributed by atoms with Crippen LogP contribution in [-0.4, -0.2) is 29.9 Å². The second-order valence-electron chi connectivity index (χ2n) is 9.54. The fourth-order valence-corrected chi connectivity index (χ4v) is 5.88. The Morgan fingerprint density at radius 3 is 2.60 bits per heavy atom. The Bertz CT molecular complexity index is 1180. The smallest absolute Gasteiger partial charge is 0.365 e. The normalized spacial score (nSPS) is 24.0. The Balaban J connectivity index is 1.51. The number of alkyl halides is 3. The van der Waals surface area contributed by atoms with Crippen molar-refractivity contribution in [2.75, 3.05) is 13.1 Å². The van der Waals surface area contributed by atoms with E-state index in [2.05, 4.69) is 21.2 Å². The molecule has 10 heteroatoms. The Labute approximate surface area is 207 Å². The van der Waals surface area contributed by atoms with E-state index in [1.165, 1.54) is 6.92 Å². The molecule has 4 nitrogen and oxygen atoms in total. The molecular formula is C25H24BrF5N2O2. The fourth-order valence-electron chi connectivity index (χ4n) is 5.38. The van der Waals surface area contributed by atoms with Crippen LogP contribution >= 0.6 is 15.9 Å². The third kappa shape index (κ3) is 4.38. The molecule has 1 amide bonds. The van der Waals surface area contributed by atoms with Gasteiger partial charge in [-0.15, -0.1) is 0 Å². The summed E-state index contributed by atoms with van der Waals surface area (Å²) in [6, 6.07) is 4.81. The molecule has 1 aliphatic carbocycles. The molecule has 2 aliphatic heterocycles. The Morgan fingerprint density at radius 2 is 1.91 bits per heavy atom. The lowest BCUT2D eigenvalue weighted by atomic mass is 9.75.